The molecule has 4 aliphatic heterocycles. The molecule has 6 heterocycles. The molecule has 3 unspecified atom stereocenters. The molecular formula is C66H92N4O9. The van der Waals surface area contributed by atoms with Crippen molar-refractivity contribution in [3.05, 3.63) is 122 Å². The molecule has 79 heavy (non-hydrogen) atoms. The molecule has 10 rings (SSSR count). The fourth-order valence-electron chi connectivity index (χ4n) is 13.3. The van der Waals surface area contributed by atoms with Gasteiger partial charge in [0.2, 0.25) is 0 Å². The van der Waals surface area contributed by atoms with E-state index in [-0.39, 0.29) is 24.4 Å². The van der Waals surface area contributed by atoms with Crippen molar-refractivity contribution in [2.45, 2.75) is 200 Å². The molecule has 4 fully saturated rings. The standard InChI is InChI=1S/C33H46N2O5.C33H46N2O4/c1-22-10-12-26(30-9-5-7-17-40-30)28(18-22)32(33(36)37)35-15-14-25(21-35)39-16-6-4-8-24-20-31(38-3)27-13-11-23(2)19-29(27)34-24;1-23-10-13-27(30-9-5-7-19-39-30)28(20-23)31(32(36)37)35-17-15-26(22-35)38-18-6-4-8-25-12-11-24-14-16-33(2,3)21-29(24)34-25/h10,12,18,20,23,25,30,32H,4-9,11,13-17,19,21H2,1-3H3,(H,36,37);10-13,20,26,30-31H,4-9,14-19,21-22H2,1-3H3,(H,36,37)/t23?,25-,30+,32?;26-,30+,31?/m11/s1. The first kappa shape index (κ1) is 58.9. The number of unbranched alkanes of at least 4 members (excludes halogenated alkanes) is 2. The van der Waals surface area contributed by atoms with Gasteiger partial charge in [-0.1, -0.05) is 74.4 Å². The van der Waals surface area contributed by atoms with Gasteiger partial charge < -0.3 is 33.9 Å². The highest BCUT2D eigenvalue weighted by Crippen LogP contribution is 2.40. The first-order chi connectivity index (χ1) is 38.2. The van der Waals surface area contributed by atoms with Gasteiger partial charge in [0.25, 0.3) is 0 Å². The number of carbonyl (C=O) groups is 2. The van der Waals surface area contributed by atoms with Crippen LogP contribution in [0.15, 0.2) is 54.6 Å². The van der Waals surface area contributed by atoms with E-state index in [0.717, 1.165) is 187 Å². The molecule has 13 heteroatoms. The number of rotatable bonds is 21. The van der Waals surface area contributed by atoms with Crippen LogP contribution in [0.5, 0.6) is 5.75 Å². The second-order valence-electron chi connectivity index (χ2n) is 24.8. The summed E-state index contributed by atoms with van der Waals surface area (Å²) in [7, 11) is 1.76. The van der Waals surface area contributed by atoms with Crippen molar-refractivity contribution in [1.29, 1.82) is 0 Å². The van der Waals surface area contributed by atoms with Gasteiger partial charge in [0.1, 0.15) is 17.8 Å². The summed E-state index contributed by atoms with van der Waals surface area (Å²) >= 11 is 0. The smallest absolute Gasteiger partial charge is 0.325 e. The van der Waals surface area contributed by atoms with Crippen molar-refractivity contribution in [2.75, 3.05) is 59.7 Å². The topological polar surface area (TPSA) is 153 Å². The Labute approximate surface area is 471 Å². The predicted molar refractivity (Wildman–Crippen MR) is 308 cm³/mol. The normalized spacial score (nSPS) is 23.9. The Morgan fingerprint density at radius 3 is 1.77 bits per heavy atom. The van der Waals surface area contributed by atoms with Crippen molar-refractivity contribution in [2.24, 2.45) is 11.3 Å². The van der Waals surface area contributed by atoms with Crippen molar-refractivity contribution < 1.29 is 43.5 Å². The van der Waals surface area contributed by atoms with E-state index in [9.17, 15) is 19.8 Å². The summed E-state index contributed by atoms with van der Waals surface area (Å²) < 4.78 is 30.3. The molecule has 0 bridgehead atoms. The number of aromatic nitrogens is 2. The maximum atomic E-state index is 12.6. The van der Waals surface area contributed by atoms with Crippen LogP contribution in [0.3, 0.4) is 0 Å². The lowest BCUT2D eigenvalue weighted by Crippen LogP contribution is -2.34. The number of carboxylic acid groups (broad SMARTS) is 2. The van der Waals surface area contributed by atoms with Gasteiger partial charge in [0.15, 0.2) is 0 Å². The minimum Gasteiger partial charge on any atom is -0.496 e. The zero-order chi connectivity index (χ0) is 55.5. The monoisotopic (exact) mass is 1080 g/mol. The summed E-state index contributed by atoms with van der Waals surface area (Å²) in [5, 5.41) is 20.6. The molecule has 2 aromatic heterocycles. The Morgan fingerprint density at radius 1 is 0.684 bits per heavy atom. The zero-order valence-corrected chi connectivity index (χ0v) is 48.6. The number of hydrogen-bond donors (Lipinski definition) is 2. The Kier molecular flexibility index (Phi) is 20.7. The number of aryl methyl sites for hydroxylation is 5. The molecule has 0 radical (unpaired) electrons. The SMILES string of the molecule is COc1cc(CCCCO[C@@H]2CCN(C(C(=O)O)c3cc(C)ccc3[C@@H]3CCCCO3)C2)nc2c1CCC(C)C2.Cc1ccc([C@@H]2CCCCO2)c(C(C(=O)O)N2CC[C@@H](OCCCCc3ccc4c(n3)CC(C)(C)CC4)C2)c1. The first-order valence-electron chi connectivity index (χ1n) is 30.4. The second-order valence-corrected chi connectivity index (χ2v) is 24.8. The average molecular weight is 1090 g/mol. The highest BCUT2D eigenvalue weighted by atomic mass is 16.5. The minimum absolute atomic E-state index is 0.0121. The molecule has 4 saturated heterocycles. The van der Waals surface area contributed by atoms with Gasteiger partial charge in [0, 0.05) is 87.0 Å². The number of likely N-dealkylation sites (tertiary alicyclic amines) is 2. The van der Waals surface area contributed by atoms with E-state index in [1.807, 2.05) is 19.9 Å². The first-order valence-corrected chi connectivity index (χ1v) is 30.4. The van der Waals surface area contributed by atoms with Crippen LogP contribution in [0, 0.1) is 25.2 Å². The molecule has 0 amide bonds. The molecule has 0 saturated carbocycles. The second kappa shape index (κ2) is 27.8. The van der Waals surface area contributed by atoms with Gasteiger partial charge in [-0.3, -0.25) is 29.4 Å². The third-order valence-corrected chi connectivity index (χ3v) is 17.8. The third-order valence-electron chi connectivity index (χ3n) is 17.8. The van der Waals surface area contributed by atoms with Crippen LogP contribution < -0.4 is 4.74 Å². The van der Waals surface area contributed by atoms with Gasteiger partial charge in [0.05, 0.1) is 31.5 Å². The van der Waals surface area contributed by atoms with Crippen LogP contribution in [0.1, 0.15) is 202 Å². The third kappa shape index (κ3) is 15.6. The molecule has 13 nitrogen and oxygen atoms in total. The number of benzene rings is 2. The highest BCUT2D eigenvalue weighted by Gasteiger charge is 2.39. The molecule has 6 aliphatic rings. The van der Waals surface area contributed by atoms with Crippen LogP contribution in [-0.4, -0.2) is 114 Å². The number of hydrogen-bond acceptors (Lipinski definition) is 11. The minimum atomic E-state index is -0.800. The van der Waals surface area contributed by atoms with Crippen LogP contribution >= 0.6 is 0 Å². The molecule has 0 spiro atoms. The summed E-state index contributed by atoms with van der Waals surface area (Å²) in [6, 6.07) is 17.7. The largest absolute Gasteiger partial charge is 0.496 e. The van der Waals surface area contributed by atoms with Crippen molar-refractivity contribution in [1.82, 2.24) is 19.8 Å². The Bertz CT molecular complexity index is 2660. The lowest BCUT2D eigenvalue weighted by atomic mass is 9.76. The highest BCUT2D eigenvalue weighted by molar-refractivity contribution is 5.77. The number of pyridine rings is 2. The van der Waals surface area contributed by atoms with Gasteiger partial charge in [-0.25, -0.2) is 0 Å². The summed E-state index contributed by atoms with van der Waals surface area (Å²) in [5.74, 6) is 0.0806. The lowest BCUT2D eigenvalue weighted by Gasteiger charge is -2.30. The molecule has 430 valence electrons. The van der Waals surface area contributed by atoms with E-state index < -0.39 is 24.0 Å². The molecule has 2 aromatic carbocycles. The predicted octanol–water partition coefficient (Wildman–Crippen LogP) is 12.4. The zero-order valence-electron chi connectivity index (χ0n) is 48.6. The van der Waals surface area contributed by atoms with Crippen LogP contribution in [-0.2, 0) is 67.1 Å². The Morgan fingerprint density at radius 2 is 1.24 bits per heavy atom. The molecule has 2 N–H and O–H groups in total. The maximum Gasteiger partial charge on any atom is 0.325 e. The van der Waals surface area contributed by atoms with E-state index in [0.29, 0.717) is 37.6 Å². The number of ether oxygens (including phenoxy) is 5. The molecular weight excluding hydrogens is 993 g/mol. The van der Waals surface area contributed by atoms with Gasteiger partial charge in [-0.2, -0.15) is 0 Å². The van der Waals surface area contributed by atoms with Gasteiger partial charge in [-0.15, -0.1) is 0 Å². The number of methoxy groups -OCH3 is 1. The molecule has 7 atom stereocenters. The van der Waals surface area contributed by atoms with Crippen LogP contribution in [0.25, 0.3) is 0 Å². The van der Waals surface area contributed by atoms with Crippen LogP contribution in [0.2, 0.25) is 0 Å². The van der Waals surface area contributed by atoms with E-state index in [2.05, 4.69) is 79.1 Å². The van der Waals surface area contributed by atoms with Crippen LogP contribution in [0.4, 0.5) is 0 Å². The summed E-state index contributed by atoms with van der Waals surface area (Å²) in [5.41, 5.74) is 13.9. The number of nitrogens with zero attached hydrogens (tertiary/aromatic N) is 4. The number of carboxylic acids is 2. The fourth-order valence-corrected chi connectivity index (χ4v) is 13.3. The summed E-state index contributed by atoms with van der Waals surface area (Å²) in [4.78, 5) is 39.3. The van der Waals surface area contributed by atoms with Crippen molar-refractivity contribution in [3.63, 3.8) is 0 Å². The van der Waals surface area contributed by atoms with Gasteiger partial charge >= 0.3 is 11.9 Å². The quantitative estimate of drug-likeness (QED) is 0.0762. The van der Waals surface area contributed by atoms with Crippen molar-refractivity contribution >= 4 is 11.9 Å². The summed E-state index contributed by atoms with van der Waals surface area (Å²) in [6.07, 6.45) is 20.8. The van der Waals surface area contributed by atoms with Gasteiger partial charge in [-0.05, 0) is 187 Å². The lowest BCUT2D eigenvalue weighted by molar-refractivity contribution is -0.144. The van der Waals surface area contributed by atoms with Crippen molar-refractivity contribution in [3.8, 4) is 5.75 Å². The van der Waals surface area contributed by atoms with E-state index in [1.54, 1.807) is 7.11 Å². The summed E-state index contributed by atoms with van der Waals surface area (Å²) in [6.45, 7) is 16.7. The molecule has 2 aliphatic carbocycles. The van der Waals surface area contributed by atoms with E-state index >= 15 is 0 Å². The van der Waals surface area contributed by atoms with E-state index in [1.165, 1.54) is 41.1 Å². The van der Waals surface area contributed by atoms with E-state index in [4.69, 9.17) is 33.7 Å². The number of fused-ring (bicyclic) bond motifs is 2. The number of aliphatic carboxylic acids is 2. The Balaban J connectivity index is 0.000000192. The fraction of sp³-hybridized carbons (Fsp3) is 0.636. The average Bonchev–Trinajstić information content (AvgIpc) is 4.20. The Hall–Kier alpha value is -4.76. The maximum absolute atomic E-state index is 12.6. The molecule has 4 aromatic rings.